The van der Waals surface area contributed by atoms with Crippen molar-refractivity contribution in [1.82, 2.24) is 0 Å². The zero-order chi connectivity index (χ0) is 24.2. The first-order valence-corrected chi connectivity index (χ1v) is 13.7. The zero-order valence-electron chi connectivity index (χ0n) is 19.3. The van der Waals surface area contributed by atoms with E-state index in [1.165, 1.54) is 18.3 Å². The number of nitrogens with zero attached hydrogens (tertiary/aromatic N) is 1. The highest BCUT2D eigenvalue weighted by Crippen LogP contribution is 2.39. The quantitative estimate of drug-likeness (QED) is 0.529. The number of hydrogen-bond acceptors (Lipinski definition) is 7. The van der Waals surface area contributed by atoms with Gasteiger partial charge in [-0.2, -0.15) is 0 Å². The van der Waals surface area contributed by atoms with Crippen LogP contribution in [0.1, 0.15) is 54.4 Å². The maximum atomic E-state index is 13.2. The van der Waals surface area contributed by atoms with Gasteiger partial charge in [-0.25, -0.2) is 13.2 Å². The number of ether oxygens (including phenoxy) is 2. The van der Waals surface area contributed by atoms with Gasteiger partial charge < -0.3 is 14.8 Å². The van der Waals surface area contributed by atoms with E-state index in [2.05, 4.69) is 5.32 Å². The summed E-state index contributed by atoms with van der Waals surface area (Å²) in [4.78, 5) is 26.9. The van der Waals surface area contributed by atoms with Crippen LogP contribution in [0.25, 0.3) is 0 Å². The number of fused-ring (bicyclic) bond motifs is 1. The van der Waals surface area contributed by atoms with Crippen molar-refractivity contribution < 1.29 is 27.5 Å². The Bertz CT molecular complexity index is 1110. The van der Waals surface area contributed by atoms with Crippen molar-refractivity contribution in [3.8, 4) is 5.75 Å². The van der Waals surface area contributed by atoms with Gasteiger partial charge in [-0.15, -0.1) is 11.3 Å². The van der Waals surface area contributed by atoms with Crippen LogP contribution in [0.15, 0.2) is 24.3 Å². The lowest BCUT2D eigenvalue weighted by atomic mass is 9.95. The van der Waals surface area contributed by atoms with Gasteiger partial charge in [-0.1, -0.05) is 0 Å². The molecule has 0 radical (unpaired) electrons. The number of anilines is 2. The third-order valence-electron chi connectivity index (χ3n) is 5.38. The average molecular weight is 495 g/mol. The standard InChI is InChI=1S/C23H30N2O6S2/c1-5-30-17-13-11-16(12-14-17)25(33(4,28)29)15(3)21(26)24-22-20(23(27)31-6-2)18-9-7-8-10-19(18)32-22/h11-15H,5-10H2,1-4H3,(H,24,26)/t15-/m1/s1. The molecule has 33 heavy (non-hydrogen) atoms. The molecule has 1 aliphatic carbocycles. The molecule has 3 rings (SSSR count). The molecule has 0 spiro atoms. The molecule has 2 aromatic rings. The van der Waals surface area contributed by atoms with Gasteiger partial charge in [0.05, 0.1) is 30.7 Å². The highest BCUT2D eigenvalue weighted by molar-refractivity contribution is 7.92. The van der Waals surface area contributed by atoms with Crippen LogP contribution in [0.2, 0.25) is 0 Å². The summed E-state index contributed by atoms with van der Waals surface area (Å²) in [5.41, 5.74) is 1.67. The van der Waals surface area contributed by atoms with Crippen molar-refractivity contribution in [3.05, 3.63) is 40.3 Å². The van der Waals surface area contributed by atoms with Crippen molar-refractivity contribution in [2.45, 2.75) is 52.5 Å². The van der Waals surface area contributed by atoms with Crippen molar-refractivity contribution in [2.75, 3.05) is 29.1 Å². The fraction of sp³-hybridized carbons (Fsp3) is 0.478. The van der Waals surface area contributed by atoms with Crippen LogP contribution in [0.4, 0.5) is 10.7 Å². The van der Waals surface area contributed by atoms with Crippen LogP contribution < -0.4 is 14.4 Å². The van der Waals surface area contributed by atoms with E-state index in [1.807, 2.05) is 6.92 Å². The summed E-state index contributed by atoms with van der Waals surface area (Å²) >= 11 is 1.37. The van der Waals surface area contributed by atoms with Crippen LogP contribution in [0.3, 0.4) is 0 Å². The summed E-state index contributed by atoms with van der Waals surface area (Å²) in [6.07, 6.45) is 4.66. The number of carbonyl (C=O) groups is 2. The van der Waals surface area contributed by atoms with Gasteiger partial charge in [0.2, 0.25) is 15.9 Å². The second kappa shape index (κ2) is 10.6. The molecule has 1 aromatic heterocycles. The summed E-state index contributed by atoms with van der Waals surface area (Å²) in [5, 5.41) is 3.22. The van der Waals surface area contributed by atoms with Gasteiger partial charge in [0, 0.05) is 4.88 Å². The van der Waals surface area contributed by atoms with E-state index in [9.17, 15) is 18.0 Å². The molecule has 8 nitrogen and oxygen atoms in total. The van der Waals surface area contributed by atoms with E-state index in [0.717, 1.165) is 46.7 Å². The molecule has 0 fully saturated rings. The number of thiophene rings is 1. The van der Waals surface area contributed by atoms with Crippen LogP contribution in [-0.2, 0) is 32.4 Å². The Hall–Kier alpha value is -2.59. The maximum absolute atomic E-state index is 13.2. The van der Waals surface area contributed by atoms with Gasteiger partial charge in [-0.05, 0) is 76.3 Å². The van der Waals surface area contributed by atoms with Crippen molar-refractivity contribution in [2.24, 2.45) is 0 Å². The minimum absolute atomic E-state index is 0.229. The lowest BCUT2D eigenvalue weighted by molar-refractivity contribution is -0.116. The fourth-order valence-corrected chi connectivity index (χ4v) is 6.41. The number of rotatable bonds is 9. The molecule has 10 heteroatoms. The van der Waals surface area contributed by atoms with E-state index in [-0.39, 0.29) is 6.61 Å². The first kappa shape index (κ1) is 25.0. The summed E-state index contributed by atoms with van der Waals surface area (Å²) in [6.45, 7) is 5.83. The minimum Gasteiger partial charge on any atom is -0.494 e. The Balaban J connectivity index is 1.90. The molecule has 1 atom stereocenters. The normalized spacial score (nSPS) is 14.2. The lowest BCUT2D eigenvalue weighted by Crippen LogP contribution is -2.45. The van der Waals surface area contributed by atoms with E-state index in [1.54, 1.807) is 31.2 Å². The number of hydrogen-bond donors (Lipinski definition) is 1. The topological polar surface area (TPSA) is 102 Å². The largest absolute Gasteiger partial charge is 0.494 e. The summed E-state index contributed by atoms with van der Waals surface area (Å²) < 4.78 is 36.9. The molecule has 0 bridgehead atoms. The van der Waals surface area contributed by atoms with E-state index in [0.29, 0.717) is 28.6 Å². The van der Waals surface area contributed by atoms with Crippen LogP contribution >= 0.6 is 11.3 Å². The van der Waals surface area contributed by atoms with Crippen LogP contribution in [0.5, 0.6) is 5.75 Å². The van der Waals surface area contributed by atoms with E-state index < -0.39 is 27.9 Å². The SMILES string of the molecule is CCOC(=O)c1c(NC(=O)[C@@H](C)N(c2ccc(OCC)cc2)S(C)(=O)=O)sc2c1CCCC2. The van der Waals surface area contributed by atoms with E-state index >= 15 is 0 Å². The molecule has 1 N–H and O–H groups in total. The average Bonchev–Trinajstić information content (AvgIpc) is 3.12. The van der Waals surface area contributed by atoms with Crippen molar-refractivity contribution in [1.29, 1.82) is 0 Å². The molecule has 1 heterocycles. The first-order chi connectivity index (χ1) is 15.7. The molecular formula is C23H30N2O6S2. The van der Waals surface area contributed by atoms with Gasteiger partial charge in [-0.3, -0.25) is 9.10 Å². The summed E-state index contributed by atoms with van der Waals surface area (Å²) in [6, 6.07) is 5.47. The lowest BCUT2D eigenvalue weighted by Gasteiger charge is -2.28. The Morgan fingerprint density at radius 1 is 1.12 bits per heavy atom. The summed E-state index contributed by atoms with van der Waals surface area (Å²) in [7, 11) is -3.77. The Morgan fingerprint density at radius 3 is 2.39 bits per heavy atom. The predicted octanol–water partition coefficient (Wildman–Crippen LogP) is 4.00. The smallest absolute Gasteiger partial charge is 0.341 e. The minimum atomic E-state index is -3.77. The zero-order valence-corrected chi connectivity index (χ0v) is 21.0. The number of sulfonamides is 1. The number of benzene rings is 1. The molecule has 0 aliphatic heterocycles. The third kappa shape index (κ3) is 5.67. The molecule has 1 amide bonds. The highest BCUT2D eigenvalue weighted by Gasteiger charge is 2.32. The molecule has 1 aliphatic rings. The Kier molecular flexibility index (Phi) is 8.01. The molecule has 0 saturated heterocycles. The number of esters is 1. The number of nitrogens with one attached hydrogen (secondary N) is 1. The van der Waals surface area contributed by atoms with Gasteiger partial charge in [0.1, 0.15) is 16.8 Å². The number of carbonyl (C=O) groups excluding carboxylic acids is 2. The summed E-state index contributed by atoms with van der Waals surface area (Å²) in [5.74, 6) is -0.389. The van der Waals surface area contributed by atoms with E-state index in [4.69, 9.17) is 9.47 Å². The number of amides is 1. The predicted molar refractivity (Wildman–Crippen MR) is 130 cm³/mol. The van der Waals surface area contributed by atoms with Crippen molar-refractivity contribution in [3.63, 3.8) is 0 Å². The Labute approximate surface area is 198 Å². The van der Waals surface area contributed by atoms with Crippen LogP contribution in [0, 0.1) is 0 Å². The fourth-order valence-electron chi connectivity index (χ4n) is 3.95. The van der Waals surface area contributed by atoms with Gasteiger partial charge >= 0.3 is 5.97 Å². The van der Waals surface area contributed by atoms with Crippen LogP contribution in [-0.4, -0.2) is 45.8 Å². The Morgan fingerprint density at radius 2 is 1.79 bits per heavy atom. The van der Waals surface area contributed by atoms with Crippen molar-refractivity contribution >= 4 is 43.9 Å². The third-order valence-corrected chi connectivity index (χ3v) is 7.83. The monoisotopic (exact) mass is 494 g/mol. The highest BCUT2D eigenvalue weighted by atomic mass is 32.2. The second-order valence-corrected chi connectivity index (χ2v) is 10.8. The molecular weight excluding hydrogens is 464 g/mol. The van der Waals surface area contributed by atoms with Gasteiger partial charge in [0.15, 0.2) is 0 Å². The van der Waals surface area contributed by atoms with Gasteiger partial charge in [0.25, 0.3) is 0 Å². The first-order valence-electron chi connectivity index (χ1n) is 11.0. The number of aryl methyl sites for hydroxylation is 1. The molecule has 0 saturated carbocycles. The second-order valence-electron chi connectivity index (χ2n) is 7.79. The maximum Gasteiger partial charge on any atom is 0.341 e. The molecule has 180 valence electrons. The molecule has 1 aromatic carbocycles. The molecule has 0 unspecified atom stereocenters.